The average Bonchev–Trinajstić information content (AvgIpc) is 2.15. The molecule has 2 N–H and O–H groups in total. The molecule has 0 heterocycles. The molecule has 0 aliphatic heterocycles. The third kappa shape index (κ3) is 4.07. The fraction of sp³-hybridized carbons (Fsp3) is 0.700. The summed E-state index contributed by atoms with van der Waals surface area (Å²) < 4.78 is 0. The molecule has 0 aromatic heterocycles. The molecule has 1 unspecified atom stereocenters. The summed E-state index contributed by atoms with van der Waals surface area (Å²) in [4.78, 5) is 0. The van der Waals surface area contributed by atoms with Crippen molar-refractivity contribution in [2.45, 2.75) is 32.4 Å². The molecule has 0 aromatic rings. The predicted molar refractivity (Wildman–Crippen MR) is 53.1 cm³/mol. The second kappa shape index (κ2) is 6.64. The van der Waals surface area contributed by atoms with Gasteiger partial charge in [-0.25, -0.2) is 0 Å². The molecular formula is C10H18N2O. The molecular weight excluding hydrogens is 164 g/mol. The highest BCUT2D eigenvalue weighted by atomic mass is 16.3. The summed E-state index contributed by atoms with van der Waals surface area (Å²) in [6.07, 6.45) is 4.14. The first kappa shape index (κ1) is 12.2. The monoisotopic (exact) mass is 182 g/mol. The van der Waals surface area contributed by atoms with Gasteiger partial charge in [-0.15, -0.1) is 0 Å². The van der Waals surface area contributed by atoms with E-state index in [0.29, 0.717) is 0 Å². The second-order valence-electron chi connectivity index (χ2n) is 3.17. The SMILES string of the molecule is C/C=C/C[C@@H](C)[C@@H](O)C(C#N)NC. The van der Waals surface area contributed by atoms with Gasteiger partial charge in [-0.05, 0) is 26.3 Å². The molecule has 0 aliphatic carbocycles. The first-order valence-electron chi connectivity index (χ1n) is 4.53. The lowest BCUT2D eigenvalue weighted by molar-refractivity contribution is 0.0977. The minimum atomic E-state index is -0.605. The molecule has 0 radical (unpaired) electrons. The van der Waals surface area contributed by atoms with E-state index in [2.05, 4.69) is 5.32 Å². The van der Waals surface area contributed by atoms with Gasteiger partial charge in [0.25, 0.3) is 0 Å². The molecule has 0 rings (SSSR count). The number of nitrogens with one attached hydrogen (secondary N) is 1. The molecule has 3 heteroatoms. The number of hydrogen-bond acceptors (Lipinski definition) is 3. The lowest BCUT2D eigenvalue weighted by Crippen LogP contribution is -2.40. The van der Waals surface area contributed by atoms with Crippen LogP contribution in [-0.2, 0) is 0 Å². The smallest absolute Gasteiger partial charge is 0.122 e. The van der Waals surface area contributed by atoms with Gasteiger partial charge >= 0.3 is 0 Å². The summed E-state index contributed by atoms with van der Waals surface area (Å²) in [6.45, 7) is 3.88. The second-order valence-corrected chi connectivity index (χ2v) is 3.17. The van der Waals surface area contributed by atoms with Crippen LogP contribution in [0.2, 0.25) is 0 Å². The van der Waals surface area contributed by atoms with Gasteiger partial charge in [0, 0.05) is 0 Å². The molecule has 0 saturated carbocycles. The quantitative estimate of drug-likeness (QED) is 0.625. The van der Waals surface area contributed by atoms with Crippen molar-refractivity contribution in [3.63, 3.8) is 0 Å². The van der Waals surface area contributed by atoms with Crippen LogP contribution in [0.15, 0.2) is 12.2 Å². The molecule has 0 aliphatic rings. The predicted octanol–water partition coefficient (Wildman–Crippen LogP) is 1.06. The third-order valence-electron chi connectivity index (χ3n) is 2.12. The molecule has 3 nitrogen and oxygen atoms in total. The van der Waals surface area contributed by atoms with E-state index >= 15 is 0 Å². The van der Waals surface area contributed by atoms with E-state index < -0.39 is 12.1 Å². The van der Waals surface area contributed by atoms with Crippen molar-refractivity contribution in [1.29, 1.82) is 5.26 Å². The number of hydrogen-bond donors (Lipinski definition) is 2. The fourth-order valence-corrected chi connectivity index (χ4v) is 1.13. The number of rotatable bonds is 5. The number of allylic oxidation sites excluding steroid dienone is 2. The van der Waals surface area contributed by atoms with Gasteiger partial charge in [-0.1, -0.05) is 19.1 Å². The number of aliphatic hydroxyl groups is 1. The lowest BCUT2D eigenvalue weighted by atomic mass is 9.95. The van der Waals surface area contributed by atoms with E-state index in [1.54, 1.807) is 7.05 Å². The Labute approximate surface area is 80.1 Å². The van der Waals surface area contributed by atoms with Crippen molar-refractivity contribution >= 4 is 0 Å². The lowest BCUT2D eigenvalue weighted by Gasteiger charge is -2.21. The van der Waals surface area contributed by atoms with Crippen molar-refractivity contribution in [1.82, 2.24) is 5.32 Å². The minimum Gasteiger partial charge on any atom is -0.390 e. The summed E-state index contributed by atoms with van der Waals surface area (Å²) in [5, 5.41) is 21.1. The Kier molecular flexibility index (Phi) is 6.21. The molecule has 13 heavy (non-hydrogen) atoms. The molecule has 0 amide bonds. The topological polar surface area (TPSA) is 56.0 Å². The standard InChI is InChI=1S/C10H18N2O/c1-4-5-6-8(2)10(13)9(7-11)12-3/h4-5,8-10,12-13H,6H2,1-3H3/b5-4+/t8-,9?,10-/m1/s1. The molecule has 0 saturated heterocycles. The Hall–Kier alpha value is -0.850. The summed E-state index contributed by atoms with van der Waals surface area (Å²) in [5.74, 6) is 0.105. The first-order valence-corrected chi connectivity index (χ1v) is 4.53. The summed E-state index contributed by atoms with van der Waals surface area (Å²) in [6, 6.07) is 1.55. The van der Waals surface area contributed by atoms with E-state index in [9.17, 15) is 5.11 Å². The van der Waals surface area contributed by atoms with Crippen LogP contribution in [0.1, 0.15) is 20.3 Å². The van der Waals surface area contributed by atoms with Gasteiger partial charge in [-0.3, -0.25) is 0 Å². The van der Waals surface area contributed by atoms with Crippen molar-refractivity contribution in [3.8, 4) is 6.07 Å². The molecule has 3 atom stereocenters. The molecule has 0 spiro atoms. The van der Waals surface area contributed by atoms with Crippen LogP contribution < -0.4 is 5.32 Å². The van der Waals surface area contributed by atoms with Crippen LogP contribution in [-0.4, -0.2) is 24.3 Å². The normalized spacial score (nSPS) is 18.1. The fourth-order valence-electron chi connectivity index (χ4n) is 1.13. The van der Waals surface area contributed by atoms with Gasteiger partial charge in [0.2, 0.25) is 0 Å². The van der Waals surface area contributed by atoms with Gasteiger partial charge in [0.15, 0.2) is 0 Å². The van der Waals surface area contributed by atoms with Gasteiger partial charge in [0.05, 0.1) is 12.2 Å². The summed E-state index contributed by atoms with van der Waals surface area (Å²) >= 11 is 0. The zero-order chi connectivity index (χ0) is 10.3. The zero-order valence-electron chi connectivity index (χ0n) is 8.49. The van der Waals surface area contributed by atoms with Gasteiger partial charge < -0.3 is 10.4 Å². The van der Waals surface area contributed by atoms with E-state index in [1.165, 1.54) is 0 Å². The van der Waals surface area contributed by atoms with Gasteiger partial charge in [-0.2, -0.15) is 5.26 Å². The van der Waals surface area contributed by atoms with Crippen LogP contribution in [0.4, 0.5) is 0 Å². The van der Waals surface area contributed by atoms with Crippen LogP contribution in [0, 0.1) is 17.2 Å². The maximum atomic E-state index is 9.69. The number of likely N-dealkylation sites (N-methyl/N-ethyl adjacent to an activating group) is 1. The highest BCUT2D eigenvalue weighted by Gasteiger charge is 2.21. The maximum absolute atomic E-state index is 9.69. The minimum absolute atomic E-state index is 0.105. The Balaban J connectivity index is 4.07. The number of nitrogens with zero attached hydrogens (tertiary/aromatic N) is 1. The highest BCUT2D eigenvalue weighted by molar-refractivity contribution is 4.97. The largest absolute Gasteiger partial charge is 0.390 e. The van der Waals surface area contributed by atoms with E-state index in [-0.39, 0.29) is 5.92 Å². The summed E-state index contributed by atoms with van der Waals surface area (Å²) in [7, 11) is 1.68. The first-order chi connectivity index (χ1) is 6.17. The molecule has 0 aromatic carbocycles. The van der Waals surface area contributed by atoms with Crippen molar-refractivity contribution in [2.24, 2.45) is 5.92 Å². The molecule has 0 bridgehead atoms. The van der Waals surface area contributed by atoms with Crippen molar-refractivity contribution in [3.05, 3.63) is 12.2 Å². The molecule has 74 valence electrons. The van der Waals surface area contributed by atoms with Crippen LogP contribution in [0.5, 0.6) is 0 Å². The van der Waals surface area contributed by atoms with Crippen LogP contribution in [0.3, 0.4) is 0 Å². The number of nitriles is 1. The third-order valence-corrected chi connectivity index (χ3v) is 2.12. The van der Waals surface area contributed by atoms with Crippen LogP contribution >= 0.6 is 0 Å². The van der Waals surface area contributed by atoms with Crippen molar-refractivity contribution < 1.29 is 5.11 Å². The van der Waals surface area contributed by atoms with E-state index in [1.807, 2.05) is 32.1 Å². The Bertz CT molecular complexity index is 196. The van der Waals surface area contributed by atoms with Crippen LogP contribution in [0.25, 0.3) is 0 Å². The average molecular weight is 182 g/mol. The van der Waals surface area contributed by atoms with E-state index in [0.717, 1.165) is 6.42 Å². The summed E-state index contributed by atoms with van der Waals surface area (Å²) in [5.41, 5.74) is 0. The number of aliphatic hydroxyl groups excluding tert-OH is 1. The van der Waals surface area contributed by atoms with Crippen molar-refractivity contribution in [2.75, 3.05) is 7.05 Å². The molecule has 0 fully saturated rings. The Morgan fingerprint density at radius 2 is 2.23 bits per heavy atom. The Morgan fingerprint density at radius 3 is 2.62 bits per heavy atom. The zero-order valence-corrected chi connectivity index (χ0v) is 8.49. The highest BCUT2D eigenvalue weighted by Crippen LogP contribution is 2.11. The van der Waals surface area contributed by atoms with E-state index in [4.69, 9.17) is 5.26 Å². The Morgan fingerprint density at radius 1 is 1.62 bits per heavy atom. The van der Waals surface area contributed by atoms with Gasteiger partial charge in [0.1, 0.15) is 6.04 Å². The maximum Gasteiger partial charge on any atom is 0.122 e.